The van der Waals surface area contributed by atoms with Crippen molar-refractivity contribution in [2.75, 3.05) is 18.5 Å². The van der Waals surface area contributed by atoms with E-state index < -0.39 is 54.1 Å². The topological polar surface area (TPSA) is 58.6 Å². The number of rotatable bonds is 3. The fourth-order valence-electron chi connectivity index (χ4n) is 0.991. The highest BCUT2D eigenvalue weighted by Gasteiger charge is 2.27. The third-order valence-corrected chi connectivity index (χ3v) is 1.76. The van der Waals surface area contributed by atoms with Gasteiger partial charge in [0.25, 0.3) is 0 Å². The van der Waals surface area contributed by atoms with Gasteiger partial charge in [0.1, 0.15) is 12.3 Å². The molecule has 18 heavy (non-hydrogen) atoms. The zero-order chi connectivity index (χ0) is 13.9. The molecule has 0 saturated heterocycles. The Kier molecular flexibility index (Phi) is 4.43. The molecule has 0 saturated carbocycles. The molecule has 2 N–H and O–H groups in total. The number of aliphatic hydroxyl groups excluding tert-OH is 1. The molecule has 4 nitrogen and oxygen atoms in total. The molecule has 1 aromatic rings. The maximum atomic E-state index is 13.0. The molecule has 0 fully saturated rings. The van der Waals surface area contributed by atoms with Gasteiger partial charge in [0.2, 0.25) is 5.82 Å². The maximum Gasteiger partial charge on any atom is 0.411 e. The summed E-state index contributed by atoms with van der Waals surface area (Å²) in [4.78, 5) is 10.9. The number of benzene rings is 1. The average molecular weight is 271 g/mol. The highest BCUT2D eigenvalue weighted by Crippen LogP contribution is 2.27. The zero-order valence-corrected chi connectivity index (χ0v) is 8.57. The normalized spacial score (nSPS) is 10.3. The smallest absolute Gasteiger partial charge is 0.411 e. The highest BCUT2D eigenvalue weighted by atomic mass is 19.2. The summed E-state index contributed by atoms with van der Waals surface area (Å²) in [6.07, 6.45) is -1.47. The summed E-state index contributed by atoms with van der Waals surface area (Å²) in [6.45, 7) is -1.06. The van der Waals surface area contributed by atoms with Crippen molar-refractivity contribution in [2.24, 2.45) is 0 Å². The van der Waals surface area contributed by atoms with Gasteiger partial charge in [-0.25, -0.2) is 26.7 Å². The number of halogens is 5. The molecular formula is C9H6F5NO3. The fraction of sp³-hybridized carbons (Fsp3) is 0.222. The number of hydrogen-bond acceptors (Lipinski definition) is 3. The van der Waals surface area contributed by atoms with Gasteiger partial charge in [-0.2, -0.15) is 0 Å². The van der Waals surface area contributed by atoms with E-state index in [1.54, 1.807) is 0 Å². The van der Waals surface area contributed by atoms with Crippen LogP contribution in [0.5, 0.6) is 0 Å². The van der Waals surface area contributed by atoms with Gasteiger partial charge >= 0.3 is 6.09 Å². The fourth-order valence-corrected chi connectivity index (χ4v) is 0.991. The van der Waals surface area contributed by atoms with Crippen LogP contribution in [0.1, 0.15) is 0 Å². The Labute approximate surface area is 97.0 Å². The average Bonchev–Trinajstić information content (AvgIpc) is 2.36. The summed E-state index contributed by atoms with van der Waals surface area (Å²) >= 11 is 0. The standard InChI is InChI=1S/C9H6F5NO3/c10-3-4(11)6(13)8(7(14)5(3)12)15-9(17)18-2-1-16/h16H,1-2H2,(H,15,17). The van der Waals surface area contributed by atoms with Crippen LogP contribution < -0.4 is 5.32 Å². The molecule has 0 unspecified atom stereocenters. The number of nitrogens with one attached hydrogen (secondary N) is 1. The van der Waals surface area contributed by atoms with E-state index in [-0.39, 0.29) is 0 Å². The first kappa shape index (κ1) is 14.2. The summed E-state index contributed by atoms with van der Waals surface area (Å²) in [7, 11) is 0. The van der Waals surface area contributed by atoms with E-state index in [1.807, 2.05) is 0 Å². The first-order valence-corrected chi connectivity index (χ1v) is 4.46. The third-order valence-electron chi connectivity index (χ3n) is 1.76. The lowest BCUT2D eigenvalue weighted by Gasteiger charge is -2.09. The molecule has 0 aromatic heterocycles. The Morgan fingerprint density at radius 3 is 1.89 bits per heavy atom. The second-order valence-electron chi connectivity index (χ2n) is 2.93. The predicted molar refractivity (Wildman–Crippen MR) is 48.3 cm³/mol. The van der Waals surface area contributed by atoms with Crippen LogP contribution in [-0.4, -0.2) is 24.4 Å². The van der Waals surface area contributed by atoms with Gasteiger partial charge in [0.05, 0.1) is 6.61 Å². The SMILES string of the molecule is O=C(Nc1c(F)c(F)c(F)c(F)c1F)OCCO. The summed E-state index contributed by atoms with van der Waals surface area (Å²) in [5.41, 5.74) is -1.52. The first-order valence-electron chi connectivity index (χ1n) is 4.46. The number of carbonyl (C=O) groups excluding carboxylic acids is 1. The predicted octanol–water partition coefficient (Wildman–Crippen LogP) is 1.92. The second kappa shape index (κ2) is 5.63. The molecule has 9 heteroatoms. The van der Waals surface area contributed by atoms with Crippen molar-refractivity contribution in [2.45, 2.75) is 0 Å². The second-order valence-corrected chi connectivity index (χ2v) is 2.93. The van der Waals surface area contributed by atoms with Gasteiger partial charge < -0.3 is 9.84 Å². The summed E-state index contributed by atoms with van der Waals surface area (Å²) < 4.78 is 68.3. The van der Waals surface area contributed by atoms with Gasteiger partial charge in [-0.3, -0.25) is 5.32 Å². The molecule has 0 radical (unpaired) electrons. The van der Waals surface area contributed by atoms with Crippen LogP contribution in [0.4, 0.5) is 32.4 Å². The number of ether oxygens (including phenoxy) is 1. The molecule has 1 amide bonds. The van der Waals surface area contributed by atoms with E-state index in [9.17, 15) is 26.7 Å². The molecule has 100 valence electrons. The summed E-state index contributed by atoms with van der Waals surface area (Å²) in [6, 6.07) is 0. The van der Waals surface area contributed by atoms with Crippen molar-refractivity contribution in [3.8, 4) is 0 Å². The number of carbonyl (C=O) groups is 1. The zero-order valence-electron chi connectivity index (χ0n) is 8.57. The lowest BCUT2D eigenvalue weighted by Crippen LogP contribution is -2.19. The van der Waals surface area contributed by atoms with Crippen LogP contribution in [0.3, 0.4) is 0 Å². The summed E-state index contributed by atoms with van der Waals surface area (Å²) in [5.74, 6) is -11.1. The molecule has 0 aliphatic heterocycles. The Morgan fingerprint density at radius 1 is 1.00 bits per heavy atom. The lowest BCUT2D eigenvalue weighted by atomic mass is 10.2. The van der Waals surface area contributed by atoms with Gasteiger partial charge in [-0.05, 0) is 0 Å². The quantitative estimate of drug-likeness (QED) is 0.501. The number of amides is 1. The Bertz CT molecular complexity index is 451. The van der Waals surface area contributed by atoms with E-state index in [4.69, 9.17) is 5.11 Å². The highest BCUT2D eigenvalue weighted by molar-refractivity contribution is 5.85. The van der Waals surface area contributed by atoms with E-state index in [0.717, 1.165) is 0 Å². The summed E-state index contributed by atoms with van der Waals surface area (Å²) in [5, 5.41) is 9.65. The van der Waals surface area contributed by atoms with Crippen LogP contribution in [0.2, 0.25) is 0 Å². The monoisotopic (exact) mass is 271 g/mol. The van der Waals surface area contributed by atoms with E-state index in [0.29, 0.717) is 0 Å². The lowest BCUT2D eigenvalue weighted by molar-refractivity contribution is 0.131. The van der Waals surface area contributed by atoms with Crippen LogP contribution in [0.25, 0.3) is 0 Å². The van der Waals surface area contributed by atoms with E-state index in [1.165, 1.54) is 5.32 Å². The third kappa shape index (κ3) is 2.67. The van der Waals surface area contributed by atoms with Crippen molar-refractivity contribution in [3.05, 3.63) is 29.1 Å². The molecule has 0 atom stereocenters. The number of aliphatic hydroxyl groups is 1. The molecule has 0 bridgehead atoms. The molecule has 1 rings (SSSR count). The van der Waals surface area contributed by atoms with E-state index >= 15 is 0 Å². The molecule has 0 heterocycles. The van der Waals surface area contributed by atoms with Crippen molar-refractivity contribution >= 4 is 11.8 Å². The van der Waals surface area contributed by atoms with Gasteiger partial charge in [-0.15, -0.1) is 0 Å². The Hall–Kier alpha value is -1.90. The van der Waals surface area contributed by atoms with Gasteiger partial charge in [0, 0.05) is 0 Å². The Balaban J connectivity index is 3.06. The molecule has 1 aromatic carbocycles. The number of hydrogen-bond donors (Lipinski definition) is 2. The minimum absolute atomic E-state index is 0.499. The minimum Gasteiger partial charge on any atom is -0.447 e. The van der Waals surface area contributed by atoms with Crippen LogP contribution in [0.15, 0.2) is 0 Å². The van der Waals surface area contributed by atoms with Crippen molar-refractivity contribution in [1.29, 1.82) is 0 Å². The minimum atomic E-state index is -2.33. The van der Waals surface area contributed by atoms with Crippen LogP contribution in [-0.2, 0) is 4.74 Å². The molecule has 0 aliphatic carbocycles. The van der Waals surface area contributed by atoms with Gasteiger partial charge in [0.15, 0.2) is 23.3 Å². The van der Waals surface area contributed by atoms with Crippen molar-refractivity contribution in [3.63, 3.8) is 0 Å². The van der Waals surface area contributed by atoms with Crippen molar-refractivity contribution < 1.29 is 36.6 Å². The van der Waals surface area contributed by atoms with Crippen LogP contribution in [0, 0.1) is 29.1 Å². The maximum absolute atomic E-state index is 13.0. The van der Waals surface area contributed by atoms with E-state index in [2.05, 4.69) is 4.74 Å². The molecular weight excluding hydrogens is 265 g/mol. The van der Waals surface area contributed by atoms with Crippen LogP contribution >= 0.6 is 0 Å². The number of anilines is 1. The molecule has 0 aliphatic rings. The van der Waals surface area contributed by atoms with Gasteiger partial charge in [-0.1, -0.05) is 0 Å². The largest absolute Gasteiger partial charge is 0.447 e. The van der Waals surface area contributed by atoms with Crippen molar-refractivity contribution in [1.82, 2.24) is 0 Å². The first-order chi connectivity index (χ1) is 8.40. The Morgan fingerprint density at radius 2 is 1.44 bits per heavy atom. The molecule has 0 spiro atoms.